The average molecular weight is 509 g/mol. The molecule has 1 aromatic carbocycles. The molecule has 1 fully saturated rings. The summed E-state index contributed by atoms with van der Waals surface area (Å²) < 4.78 is 23.3. The van der Waals surface area contributed by atoms with Gasteiger partial charge in [0.25, 0.3) is 5.91 Å². The molecule has 188 valence electrons. The van der Waals surface area contributed by atoms with Crippen LogP contribution in [-0.2, 0) is 15.3 Å². The van der Waals surface area contributed by atoms with Crippen molar-refractivity contribution >= 4 is 33.2 Å². The first-order valence-corrected chi connectivity index (χ1v) is 13.6. The summed E-state index contributed by atoms with van der Waals surface area (Å²) in [6.07, 6.45) is 3.41. The van der Waals surface area contributed by atoms with Crippen LogP contribution in [0.5, 0.6) is 0 Å². The van der Waals surface area contributed by atoms with Gasteiger partial charge in [0.2, 0.25) is 5.95 Å². The molecule has 1 unspecified atom stereocenters. The number of sulfone groups is 1. The summed E-state index contributed by atoms with van der Waals surface area (Å²) >= 11 is 0. The van der Waals surface area contributed by atoms with Gasteiger partial charge in [-0.3, -0.25) is 4.79 Å². The number of amides is 1. The maximum absolute atomic E-state index is 12.8. The van der Waals surface area contributed by atoms with Gasteiger partial charge >= 0.3 is 0 Å². The minimum absolute atomic E-state index is 0.000529. The van der Waals surface area contributed by atoms with Crippen LogP contribution in [0.3, 0.4) is 0 Å². The van der Waals surface area contributed by atoms with Crippen molar-refractivity contribution in [2.24, 2.45) is 0 Å². The predicted molar refractivity (Wildman–Crippen MR) is 137 cm³/mol. The van der Waals surface area contributed by atoms with Crippen molar-refractivity contribution in [1.29, 1.82) is 0 Å². The molecule has 5 rings (SSSR count). The number of carbonyl (C=O) groups is 1. The molecule has 3 aromatic rings. The first kappa shape index (κ1) is 24.1. The highest BCUT2D eigenvalue weighted by atomic mass is 32.2. The third-order valence-corrected chi connectivity index (χ3v) is 8.44. The molecule has 2 aliphatic heterocycles. The maximum atomic E-state index is 12.8. The number of nitrogens with one attached hydrogen (secondary N) is 2. The number of aryl methyl sites for hydroxylation is 1. The van der Waals surface area contributed by atoms with Crippen molar-refractivity contribution < 1.29 is 18.3 Å². The molecule has 0 spiro atoms. The van der Waals surface area contributed by atoms with E-state index in [9.17, 15) is 18.3 Å². The lowest BCUT2D eigenvalue weighted by Crippen LogP contribution is -2.43. The zero-order valence-electron chi connectivity index (χ0n) is 20.2. The summed E-state index contributed by atoms with van der Waals surface area (Å²) in [5.41, 5.74) is 4.18. The second-order valence-electron chi connectivity index (χ2n) is 9.56. The number of aliphatic hydroxyl groups is 1. The van der Waals surface area contributed by atoms with Crippen molar-refractivity contribution in [3.8, 4) is 11.3 Å². The lowest BCUT2D eigenvalue weighted by atomic mass is 9.85. The average Bonchev–Trinajstić information content (AvgIpc) is 3.21. The van der Waals surface area contributed by atoms with Crippen LogP contribution in [-0.4, -0.2) is 77.0 Å². The number of hydrogen-bond acceptors (Lipinski definition) is 9. The third-order valence-electron chi connectivity index (χ3n) is 6.84. The number of hydrogen-bond donors (Lipinski definition) is 3. The summed E-state index contributed by atoms with van der Waals surface area (Å²) in [6.45, 7) is 4.95. The Morgan fingerprint density at radius 3 is 2.69 bits per heavy atom. The summed E-state index contributed by atoms with van der Waals surface area (Å²) in [4.78, 5) is 27.9. The Morgan fingerprint density at radius 2 is 1.97 bits per heavy atom. The SMILES string of the molecule is Cc1cc(C(=O)N2CCS(=O)(=O)CC2)ccc1Nc1nccc(-c2cnc3c(c2)C(C)(CO)CN3)n1. The molecule has 0 aliphatic carbocycles. The van der Waals surface area contributed by atoms with E-state index in [1.807, 2.05) is 19.9 Å². The summed E-state index contributed by atoms with van der Waals surface area (Å²) in [5.74, 6) is 1.01. The quantitative estimate of drug-likeness (QED) is 0.473. The van der Waals surface area contributed by atoms with Gasteiger partial charge in [0.15, 0.2) is 9.84 Å². The third kappa shape index (κ3) is 4.63. The van der Waals surface area contributed by atoms with E-state index in [-0.39, 0.29) is 37.1 Å². The molecule has 10 nitrogen and oxygen atoms in total. The van der Waals surface area contributed by atoms with Gasteiger partial charge < -0.3 is 20.6 Å². The van der Waals surface area contributed by atoms with Crippen LogP contribution < -0.4 is 10.6 Å². The van der Waals surface area contributed by atoms with Crippen molar-refractivity contribution in [3.05, 3.63) is 59.4 Å². The molecule has 4 heterocycles. The lowest BCUT2D eigenvalue weighted by Gasteiger charge is -2.27. The number of pyridine rings is 1. The number of rotatable bonds is 5. The van der Waals surface area contributed by atoms with Crippen LogP contribution in [0.15, 0.2) is 42.7 Å². The Kier molecular flexibility index (Phi) is 6.13. The standard InChI is InChI=1S/C25H28N6O4S/c1-16-11-17(23(33)31-7-9-36(34,35)10-8-31)3-4-20(16)29-24-26-6-5-21(30-24)18-12-19-22(27-13-18)28-14-25(19,2)15-32/h3-6,11-13,32H,7-10,14-15H2,1-2H3,(H,27,28)(H,26,29,30). The van der Waals surface area contributed by atoms with Gasteiger partial charge in [0.1, 0.15) is 5.82 Å². The topological polar surface area (TPSA) is 137 Å². The minimum Gasteiger partial charge on any atom is -0.395 e. The van der Waals surface area contributed by atoms with Crippen molar-refractivity contribution in [2.45, 2.75) is 19.3 Å². The van der Waals surface area contributed by atoms with E-state index in [0.717, 1.165) is 28.2 Å². The minimum atomic E-state index is -3.05. The van der Waals surface area contributed by atoms with E-state index in [0.29, 0.717) is 23.8 Å². The molecule has 2 aromatic heterocycles. The molecular weight excluding hydrogens is 480 g/mol. The van der Waals surface area contributed by atoms with E-state index in [1.54, 1.807) is 41.6 Å². The second-order valence-corrected chi connectivity index (χ2v) is 11.9. The Morgan fingerprint density at radius 1 is 1.19 bits per heavy atom. The molecule has 36 heavy (non-hydrogen) atoms. The van der Waals surface area contributed by atoms with Gasteiger partial charge in [-0.1, -0.05) is 6.92 Å². The van der Waals surface area contributed by atoms with E-state index in [4.69, 9.17) is 0 Å². The number of aromatic nitrogens is 3. The van der Waals surface area contributed by atoms with Gasteiger partial charge in [-0.15, -0.1) is 0 Å². The molecule has 3 N–H and O–H groups in total. The largest absolute Gasteiger partial charge is 0.395 e. The van der Waals surface area contributed by atoms with Gasteiger partial charge in [0, 0.05) is 59.8 Å². The number of fused-ring (bicyclic) bond motifs is 1. The van der Waals surface area contributed by atoms with E-state index >= 15 is 0 Å². The van der Waals surface area contributed by atoms with Crippen LogP contribution in [0.25, 0.3) is 11.3 Å². The van der Waals surface area contributed by atoms with Crippen LogP contribution >= 0.6 is 0 Å². The molecule has 0 saturated carbocycles. The van der Waals surface area contributed by atoms with Gasteiger partial charge in [-0.25, -0.2) is 23.4 Å². The van der Waals surface area contributed by atoms with Crippen molar-refractivity contribution in [1.82, 2.24) is 19.9 Å². The molecule has 11 heteroatoms. The van der Waals surface area contributed by atoms with Crippen molar-refractivity contribution in [2.75, 3.05) is 48.4 Å². The van der Waals surface area contributed by atoms with E-state index < -0.39 is 15.3 Å². The number of anilines is 3. The molecule has 0 bridgehead atoms. The summed E-state index contributed by atoms with van der Waals surface area (Å²) in [7, 11) is -3.05. The highest BCUT2D eigenvalue weighted by Gasteiger charge is 2.35. The lowest BCUT2D eigenvalue weighted by molar-refractivity contribution is 0.0770. The summed E-state index contributed by atoms with van der Waals surface area (Å²) in [5, 5.41) is 16.3. The maximum Gasteiger partial charge on any atom is 0.253 e. The highest BCUT2D eigenvalue weighted by molar-refractivity contribution is 7.91. The molecule has 2 aliphatic rings. The van der Waals surface area contributed by atoms with Gasteiger partial charge in [-0.05, 0) is 42.8 Å². The molecular formula is C25H28N6O4S. The van der Waals surface area contributed by atoms with Crippen LogP contribution in [0.2, 0.25) is 0 Å². The fraction of sp³-hybridized carbons (Fsp3) is 0.360. The Balaban J connectivity index is 1.34. The number of benzene rings is 1. The zero-order chi connectivity index (χ0) is 25.5. The van der Waals surface area contributed by atoms with E-state index in [1.165, 1.54) is 0 Å². The van der Waals surface area contributed by atoms with Crippen LogP contribution in [0.4, 0.5) is 17.5 Å². The number of aliphatic hydroxyl groups excluding tert-OH is 1. The molecule has 0 radical (unpaired) electrons. The normalized spacial score (nSPS) is 20.5. The Hall–Kier alpha value is -3.57. The fourth-order valence-electron chi connectivity index (χ4n) is 4.46. The van der Waals surface area contributed by atoms with Gasteiger partial charge in [0.05, 0.1) is 23.8 Å². The highest BCUT2D eigenvalue weighted by Crippen LogP contribution is 2.37. The van der Waals surface area contributed by atoms with Crippen LogP contribution in [0.1, 0.15) is 28.4 Å². The Labute approximate surface area is 209 Å². The monoisotopic (exact) mass is 508 g/mol. The first-order chi connectivity index (χ1) is 17.2. The smallest absolute Gasteiger partial charge is 0.253 e. The van der Waals surface area contributed by atoms with Crippen molar-refractivity contribution in [3.63, 3.8) is 0 Å². The first-order valence-electron chi connectivity index (χ1n) is 11.7. The molecule has 1 amide bonds. The number of carbonyl (C=O) groups excluding carboxylic acids is 1. The van der Waals surface area contributed by atoms with E-state index in [2.05, 4.69) is 25.6 Å². The number of nitrogens with zero attached hydrogens (tertiary/aromatic N) is 4. The predicted octanol–water partition coefficient (Wildman–Crippen LogP) is 2.14. The van der Waals surface area contributed by atoms with Crippen LogP contribution in [0, 0.1) is 6.92 Å². The summed E-state index contributed by atoms with van der Waals surface area (Å²) in [6, 6.07) is 9.11. The second kappa shape index (κ2) is 9.14. The molecule has 1 saturated heterocycles. The fourth-order valence-corrected chi connectivity index (χ4v) is 5.66. The molecule has 1 atom stereocenters. The van der Waals surface area contributed by atoms with Gasteiger partial charge in [-0.2, -0.15) is 0 Å². The Bertz CT molecular complexity index is 1430. The zero-order valence-corrected chi connectivity index (χ0v) is 21.0.